The van der Waals surface area contributed by atoms with E-state index in [9.17, 15) is 0 Å². The molecule has 110 valence electrons. The molecule has 6 heteroatoms. The van der Waals surface area contributed by atoms with Gasteiger partial charge in [0.05, 0.1) is 17.1 Å². The van der Waals surface area contributed by atoms with Gasteiger partial charge in [-0.1, -0.05) is 29.8 Å². The van der Waals surface area contributed by atoms with Crippen LogP contribution in [0.1, 0.15) is 25.5 Å². The Morgan fingerprint density at radius 3 is 2.85 bits per heavy atom. The molecule has 2 aromatic heterocycles. The van der Waals surface area contributed by atoms with Gasteiger partial charge >= 0.3 is 0 Å². The maximum absolute atomic E-state index is 5.15. The standard InChI is InChI=1S/C14H21BrN4O/c1-10(2)12-7-13-14(16-5-6-19(13)17-12)18(3)8-11(15)9-20-4/h5-7,10-11H,8-9H2,1-4H3. The fourth-order valence-corrected chi connectivity index (χ4v) is 2.82. The van der Waals surface area contributed by atoms with Crippen LogP contribution < -0.4 is 4.90 Å². The molecule has 5 nitrogen and oxygen atoms in total. The van der Waals surface area contributed by atoms with Gasteiger partial charge in [0.25, 0.3) is 0 Å². The Kier molecular flexibility index (Phi) is 4.99. The number of anilines is 1. The summed E-state index contributed by atoms with van der Waals surface area (Å²) in [6.45, 7) is 5.78. The predicted molar refractivity (Wildman–Crippen MR) is 84.9 cm³/mol. The molecular formula is C14H21BrN4O. The summed E-state index contributed by atoms with van der Waals surface area (Å²) in [5.41, 5.74) is 2.12. The fourth-order valence-electron chi connectivity index (χ4n) is 2.12. The van der Waals surface area contributed by atoms with E-state index < -0.39 is 0 Å². The average Bonchev–Trinajstić information content (AvgIpc) is 2.82. The lowest BCUT2D eigenvalue weighted by Gasteiger charge is -2.21. The maximum Gasteiger partial charge on any atom is 0.154 e. The Morgan fingerprint density at radius 1 is 1.45 bits per heavy atom. The summed E-state index contributed by atoms with van der Waals surface area (Å²) in [6, 6.07) is 2.11. The van der Waals surface area contributed by atoms with Crippen molar-refractivity contribution in [3.05, 3.63) is 24.2 Å². The normalized spacial score (nSPS) is 13.1. The first-order chi connectivity index (χ1) is 9.52. The summed E-state index contributed by atoms with van der Waals surface area (Å²) in [6.07, 6.45) is 3.68. The first kappa shape index (κ1) is 15.3. The quantitative estimate of drug-likeness (QED) is 0.758. The number of methoxy groups -OCH3 is 1. The summed E-state index contributed by atoms with van der Waals surface area (Å²) in [7, 11) is 3.74. The Bertz CT molecular complexity index is 569. The zero-order chi connectivity index (χ0) is 14.7. The second kappa shape index (κ2) is 6.54. The first-order valence-electron chi connectivity index (χ1n) is 6.71. The lowest BCUT2D eigenvalue weighted by Crippen LogP contribution is -2.29. The van der Waals surface area contributed by atoms with E-state index in [1.54, 1.807) is 13.3 Å². The van der Waals surface area contributed by atoms with Crippen LogP contribution in [0, 0.1) is 0 Å². The summed E-state index contributed by atoms with van der Waals surface area (Å²) in [4.78, 5) is 6.89. The Labute approximate surface area is 128 Å². The molecule has 0 N–H and O–H groups in total. The van der Waals surface area contributed by atoms with Gasteiger partial charge in [-0.2, -0.15) is 5.10 Å². The summed E-state index contributed by atoms with van der Waals surface area (Å²) < 4.78 is 7.05. The summed E-state index contributed by atoms with van der Waals surface area (Å²) in [5.74, 6) is 1.35. The summed E-state index contributed by atoms with van der Waals surface area (Å²) >= 11 is 3.61. The van der Waals surface area contributed by atoms with Gasteiger partial charge in [-0.25, -0.2) is 9.50 Å². The highest BCUT2D eigenvalue weighted by Gasteiger charge is 2.15. The van der Waals surface area contributed by atoms with E-state index in [0.29, 0.717) is 12.5 Å². The van der Waals surface area contributed by atoms with E-state index in [2.05, 4.69) is 50.8 Å². The molecule has 2 rings (SSSR count). The number of halogens is 1. The fraction of sp³-hybridized carbons (Fsp3) is 0.571. The molecule has 0 fully saturated rings. The van der Waals surface area contributed by atoms with Gasteiger partial charge in [0, 0.05) is 33.1 Å². The third kappa shape index (κ3) is 3.30. The molecule has 2 heterocycles. The molecule has 0 aromatic carbocycles. The molecule has 0 saturated carbocycles. The van der Waals surface area contributed by atoms with Crippen LogP contribution in [0.2, 0.25) is 0 Å². The lowest BCUT2D eigenvalue weighted by molar-refractivity contribution is 0.201. The molecule has 1 unspecified atom stereocenters. The highest BCUT2D eigenvalue weighted by molar-refractivity contribution is 9.09. The van der Waals surface area contributed by atoms with Crippen LogP contribution in [0.4, 0.5) is 5.82 Å². The number of ether oxygens (including phenoxy) is 1. The molecule has 0 aliphatic carbocycles. The van der Waals surface area contributed by atoms with Crippen LogP contribution in [0.5, 0.6) is 0 Å². The molecule has 0 saturated heterocycles. The van der Waals surface area contributed by atoms with E-state index in [0.717, 1.165) is 23.6 Å². The third-order valence-electron chi connectivity index (χ3n) is 3.16. The van der Waals surface area contributed by atoms with Crippen molar-refractivity contribution in [2.24, 2.45) is 0 Å². The van der Waals surface area contributed by atoms with E-state index in [1.165, 1.54) is 0 Å². The molecule has 0 amide bonds. The van der Waals surface area contributed by atoms with Crippen molar-refractivity contribution < 1.29 is 4.74 Å². The second-order valence-corrected chi connectivity index (χ2v) is 6.53. The maximum atomic E-state index is 5.15. The molecule has 2 aromatic rings. The van der Waals surface area contributed by atoms with E-state index in [1.807, 2.05) is 17.8 Å². The zero-order valence-electron chi connectivity index (χ0n) is 12.4. The second-order valence-electron chi connectivity index (χ2n) is 5.24. The van der Waals surface area contributed by atoms with Gasteiger partial charge in [-0.15, -0.1) is 0 Å². The SMILES string of the molecule is COCC(Br)CN(C)c1nccn2nc(C(C)C)cc12. The number of nitrogens with zero attached hydrogens (tertiary/aromatic N) is 4. The van der Waals surface area contributed by atoms with Crippen molar-refractivity contribution in [3.63, 3.8) is 0 Å². The van der Waals surface area contributed by atoms with Crippen LogP contribution in [0.3, 0.4) is 0 Å². The van der Waals surface area contributed by atoms with Gasteiger partial charge < -0.3 is 9.64 Å². The molecule has 0 bridgehead atoms. The minimum Gasteiger partial charge on any atom is -0.383 e. The van der Waals surface area contributed by atoms with Crippen LogP contribution in [0.25, 0.3) is 5.52 Å². The van der Waals surface area contributed by atoms with Gasteiger partial charge in [0.15, 0.2) is 5.82 Å². The van der Waals surface area contributed by atoms with Gasteiger partial charge in [0.2, 0.25) is 0 Å². The number of alkyl halides is 1. The molecule has 0 aliphatic heterocycles. The third-order valence-corrected chi connectivity index (χ3v) is 3.71. The minimum absolute atomic E-state index is 0.270. The molecule has 1 atom stereocenters. The van der Waals surface area contributed by atoms with Crippen LogP contribution in [-0.4, -0.2) is 46.7 Å². The molecule has 0 radical (unpaired) electrons. The highest BCUT2D eigenvalue weighted by atomic mass is 79.9. The largest absolute Gasteiger partial charge is 0.383 e. The van der Waals surface area contributed by atoms with Crippen molar-refractivity contribution in [3.8, 4) is 0 Å². The highest BCUT2D eigenvalue weighted by Crippen LogP contribution is 2.22. The van der Waals surface area contributed by atoms with Crippen molar-refractivity contribution in [2.75, 3.05) is 32.2 Å². The van der Waals surface area contributed by atoms with Crippen LogP contribution >= 0.6 is 15.9 Å². The van der Waals surface area contributed by atoms with Crippen molar-refractivity contribution in [1.82, 2.24) is 14.6 Å². The molecule has 20 heavy (non-hydrogen) atoms. The van der Waals surface area contributed by atoms with Crippen molar-refractivity contribution in [2.45, 2.75) is 24.6 Å². The van der Waals surface area contributed by atoms with Crippen LogP contribution in [0.15, 0.2) is 18.5 Å². The number of rotatable bonds is 6. The van der Waals surface area contributed by atoms with Gasteiger partial charge in [0.1, 0.15) is 5.52 Å². The topological polar surface area (TPSA) is 42.7 Å². The number of hydrogen-bond donors (Lipinski definition) is 0. The Morgan fingerprint density at radius 2 is 2.20 bits per heavy atom. The van der Waals surface area contributed by atoms with E-state index >= 15 is 0 Å². The molecular weight excluding hydrogens is 320 g/mol. The zero-order valence-corrected chi connectivity index (χ0v) is 14.0. The molecule has 0 spiro atoms. The monoisotopic (exact) mass is 340 g/mol. The van der Waals surface area contributed by atoms with Crippen molar-refractivity contribution >= 4 is 27.3 Å². The number of aromatic nitrogens is 3. The van der Waals surface area contributed by atoms with E-state index in [4.69, 9.17) is 4.74 Å². The van der Waals surface area contributed by atoms with Gasteiger partial charge in [-0.3, -0.25) is 0 Å². The predicted octanol–water partition coefficient (Wildman–Crippen LogP) is 2.70. The Hall–Kier alpha value is -1.14. The minimum atomic E-state index is 0.270. The summed E-state index contributed by atoms with van der Waals surface area (Å²) in [5, 5.41) is 4.58. The average molecular weight is 341 g/mol. The molecule has 0 aliphatic rings. The Balaban J connectivity index is 2.29. The van der Waals surface area contributed by atoms with Gasteiger partial charge in [-0.05, 0) is 12.0 Å². The smallest absolute Gasteiger partial charge is 0.154 e. The number of fused-ring (bicyclic) bond motifs is 1. The van der Waals surface area contributed by atoms with Crippen LogP contribution in [-0.2, 0) is 4.74 Å². The number of hydrogen-bond acceptors (Lipinski definition) is 4. The first-order valence-corrected chi connectivity index (χ1v) is 7.63. The van der Waals surface area contributed by atoms with E-state index in [-0.39, 0.29) is 4.83 Å². The lowest BCUT2D eigenvalue weighted by atomic mass is 10.1. The van der Waals surface area contributed by atoms with Crippen molar-refractivity contribution in [1.29, 1.82) is 0 Å².